The van der Waals surface area contributed by atoms with Gasteiger partial charge in [-0.05, 0) is 51.3 Å². The first-order valence-corrected chi connectivity index (χ1v) is 11.5. The van der Waals surface area contributed by atoms with Gasteiger partial charge in [-0.1, -0.05) is 18.2 Å². The maximum Gasteiger partial charge on any atom is 0.326 e. The average Bonchev–Trinajstić information content (AvgIpc) is 3.17. The zero-order chi connectivity index (χ0) is 23.0. The normalized spacial score (nSPS) is 23.4. The van der Waals surface area contributed by atoms with Gasteiger partial charge in [-0.15, -0.1) is 0 Å². The predicted octanol–water partition coefficient (Wildman–Crippen LogP) is 2.01. The number of amides is 4. The summed E-state index contributed by atoms with van der Waals surface area (Å²) in [6, 6.07) is 5.38. The van der Waals surface area contributed by atoms with Crippen molar-refractivity contribution in [3.63, 3.8) is 0 Å². The van der Waals surface area contributed by atoms with Gasteiger partial charge < -0.3 is 15.0 Å². The molecule has 0 saturated carbocycles. The topological polar surface area (TPSA) is 82.2 Å². The summed E-state index contributed by atoms with van der Waals surface area (Å²) in [6.45, 7) is 7.73. The molecular weight excluding hydrogens is 408 g/mol. The molecule has 4 rings (SSSR count). The van der Waals surface area contributed by atoms with Crippen LogP contribution in [-0.2, 0) is 22.6 Å². The van der Waals surface area contributed by atoms with Gasteiger partial charge in [0.15, 0.2) is 0 Å². The van der Waals surface area contributed by atoms with E-state index in [2.05, 4.69) is 42.3 Å². The van der Waals surface area contributed by atoms with Crippen LogP contribution in [0.15, 0.2) is 18.2 Å². The number of fused-ring (bicyclic) bond motifs is 1. The van der Waals surface area contributed by atoms with Crippen LogP contribution in [0.4, 0.5) is 4.79 Å². The number of hydrogen-bond acceptors (Lipinski definition) is 5. The Labute approximate surface area is 189 Å². The number of likely N-dealkylation sites (N-methyl/N-ethyl adjacent to an activating group) is 2. The molecule has 0 aromatic heterocycles. The first-order chi connectivity index (χ1) is 15.1. The van der Waals surface area contributed by atoms with Crippen LogP contribution in [0.1, 0.15) is 44.2 Å². The van der Waals surface area contributed by atoms with Gasteiger partial charge in [0.1, 0.15) is 17.4 Å². The summed E-state index contributed by atoms with van der Waals surface area (Å²) in [4.78, 5) is 41.2. The molecule has 1 N–H and O–H groups in total. The van der Waals surface area contributed by atoms with Crippen LogP contribution in [0.5, 0.6) is 5.75 Å². The van der Waals surface area contributed by atoms with E-state index in [9.17, 15) is 14.4 Å². The first kappa shape index (κ1) is 22.6. The monoisotopic (exact) mass is 442 g/mol. The molecule has 32 heavy (non-hydrogen) atoms. The van der Waals surface area contributed by atoms with Crippen LogP contribution in [0.25, 0.3) is 0 Å². The number of ether oxygens (including phenoxy) is 1. The van der Waals surface area contributed by atoms with Crippen LogP contribution >= 0.6 is 0 Å². The van der Waals surface area contributed by atoms with E-state index in [-0.39, 0.29) is 29.9 Å². The molecule has 8 heteroatoms. The molecular formula is C24H34N4O4. The fourth-order valence-electron chi connectivity index (χ4n) is 4.98. The van der Waals surface area contributed by atoms with Gasteiger partial charge in [-0.3, -0.25) is 19.4 Å². The second kappa shape index (κ2) is 8.73. The first-order valence-electron chi connectivity index (χ1n) is 11.5. The molecule has 1 aromatic carbocycles. The maximum atomic E-state index is 12.4. The smallest absolute Gasteiger partial charge is 0.326 e. The van der Waals surface area contributed by atoms with Crippen LogP contribution in [0.2, 0.25) is 0 Å². The lowest BCUT2D eigenvalue weighted by Crippen LogP contribution is -2.41. The lowest BCUT2D eigenvalue weighted by Gasteiger charge is -2.32. The van der Waals surface area contributed by atoms with E-state index in [1.165, 1.54) is 23.1 Å². The third-order valence-electron chi connectivity index (χ3n) is 6.91. The maximum absolute atomic E-state index is 12.4. The molecule has 3 aliphatic heterocycles. The third-order valence-corrected chi connectivity index (χ3v) is 6.91. The summed E-state index contributed by atoms with van der Waals surface area (Å²) in [5, 5.41) is 2.97. The van der Waals surface area contributed by atoms with Crippen LogP contribution in [0, 0.1) is 5.92 Å². The highest BCUT2D eigenvalue weighted by Gasteiger charge is 2.41. The van der Waals surface area contributed by atoms with Crippen molar-refractivity contribution in [2.45, 2.75) is 57.7 Å². The fraction of sp³-hybridized carbons (Fsp3) is 0.625. The van der Waals surface area contributed by atoms with Gasteiger partial charge in [0.05, 0.1) is 6.42 Å². The second-order valence-electron chi connectivity index (χ2n) is 9.98. The van der Waals surface area contributed by atoms with Crippen molar-refractivity contribution in [3.8, 4) is 5.75 Å². The van der Waals surface area contributed by atoms with Crippen molar-refractivity contribution in [1.82, 2.24) is 20.0 Å². The molecule has 0 radical (unpaired) electrons. The number of nitrogens with zero attached hydrogens (tertiary/aromatic N) is 3. The summed E-state index contributed by atoms with van der Waals surface area (Å²) >= 11 is 0. The number of carbonyl (C=O) groups excluding carboxylic acids is 3. The van der Waals surface area contributed by atoms with E-state index < -0.39 is 6.04 Å². The molecule has 3 aliphatic rings. The molecule has 1 unspecified atom stereocenters. The van der Waals surface area contributed by atoms with Crippen molar-refractivity contribution < 1.29 is 19.1 Å². The van der Waals surface area contributed by atoms with Crippen molar-refractivity contribution in [2.24, 2.45) is 5.92 Å². The summed E-state index contributed by atoms with van der Waals surface area (Å²) in [5.41, 5.74) is 2.42. The highest BCUT2D eigenvalue weighted by molar-refractivity contribution is 6.05. The summed E-state index contributed by atoms with van der Waals surface area (Å²) in [7, 11) is 3.01. The second-order valence-corrected chi connectivity index (χ2v) is 9.98. The number of para-hydroxylation sites is 1. The average molecular weight is 443 g/mol. The Hall–Kier alpha value is -2.61. The molecule has 2 saturated heterocycles. The number of nitrogens with one attached hydrogen (secondary N) is 1. The van der Waals surface area contributed by atoms with Gasteiger partial charge in [-0.25, -0.2) is 4.79 Å². The Bertz CT molecular complexity index is 907. The number of hydrogen-bond donors (Lipinski definition) is 1. The Kier molecular flexibility index (Phi) is 6.16. The Balaban J connectivity index is 1.22. The number of carbonyl (C=O) groups is 3. The molecule has 1 atom stereocenters. The lowest BCUT2D eigenvalue weighted by atomic mass is 9.95. The van der Waals surface area contributed by atoms with Crippen molar-refractivity contribution in [1.29, 1.82) is 0 Å². The number of piperidine rings is 1. The van der Waals surface area contributed by atoms with E-state index in [1.54, 1.807) is 7.05 Å². The number of benzene rings is 1. The molecule has 2 fully saturated rings. The van der Waals surface area contributed by atoms with Gasteiger partial charge in [-0.2, -0.15) is 0 Å². The molecule has 4 amide bonds. The van der Waals surface area contributed by atoms with Crippen LogP contribution in [0.3, 0.4) is 0 Å². The summed E-state index contributed by atoms with van der Waals surface area (Å²) in [6.07, 6.45) is 3.00. The molecule has 3 heterocycles. The van der Waals surface area contributed by atoms with E-state index in [1.807, 2.05) is 0 Å². The SMILES string of the molecule is CN1C(=O)C(CC(=O)NCC2CCN(Cc3cccc4c3OC(C)(C)C4)CC2)N(C)C1=O. The van der Waals surface area contributed by atoms with Gasteiger partial charge in [0, 0.05) is 39.2 Å². The minimum atomic E-state index is -0.700. The van der Waals surface area contributed by atoms with Crippen molar-refractivity contribution in [2.75, 3.05) is 33.7 Å². The number of likely N-dealkylation sites (tertiary alicyclic amines) is 1. The van der Waals surface area contributed by atoms with Crippen molar-refractivity contribution in [3.05, 3.63) is 29.3 Å². The van der Waals surface area contributed by atoms with Crippen LogP contribution < -0.4 is 10.1 Å². The largest absolute Gasteiger partial charge is 0.487 e. The minimum Gasteiger partial charge on any atom is -0.487 e. The van der Waals surface area contributed by atoms with E-state index in [0.29, 0.717) is 12.5 Å². The van der Waals surface area contributed by atoms with E-state index >= 15 is 0 Å². The Morgan fingerprint density at radius 2 is 1.91 bits per heavy atom. The predicted molar refractivity (Wildman–Crippen MR) is 120 cm³/mol. The van der Waals surface area contributed by atoms with Crippen molar-refractivity contribution >= 4 is 17.8 Å². The molecule has 8 nitrogen and oxygen atoms in total. The number of imide groups is 1. The van der Waals surface area contributed by atoms with Gasteiger partial charge in [0.25, 0.3) is 5.91 Å². The van der Waals surface area contributed by atoms with Gasteiger partial charge >= 0.3 is 6.03 Å². The van der Waals surface area contributed by atoms with E-state index in [0.717, 1.165) is 49.5 Å². The standard InChI is InChI=1S/C24H34N4O4/c1-24(2)13-17-6-5-7-18(21(17)32-24)15-28-10-8-16(9-11-28)14-25-20(29)12-19-22(30)27(4)23(31)26(19)3/h5-7,16,19H,8-15H2,1-4H3,(H,25,29). The van der Waals surface area contributed by atoms with Gasteiger partial charge in [0.2, 0.25) is 5.91 Å². The Morgan fingerprint density at radius 3 is 2.56 bits per heavy atom. The number of urea groups is 1. The molecule has 0 aliphatic carbocycles. The summed E-state index contributed by atoms with van der Waals surface area (Å²) in [5.74, 6) is 0.983. The minimum absolute atomic E-state index is 0.0136. The fourth-order valence-corrected chi connectivity index (χ4v) is 4.98. The quantitative estimate of drug-likeness (QED) is 0.682. The number of rotatable bonds is 6. The third kappa shape index (κ3) is 4.60. The highest BCUT2D eigenvalue weighted by Crippen LogP contribution is 2.38. The molecule has 174 valence electrons. The molecule has 0 spiro atoms. The van der Waals surface area contributed by atoms with Crippen LogP contribution in [-0.4, -0.2) is 77.9 Å². The molecule has 0 bridgehead atoms. The highest BCUT2D eigenvalue weighted by atomic mass is 16.5. The molecule has 1 aromatic rings. The zero-order valence-electron chi connectivity index (χ0n) is 19.5. The lowest BCUT2D eigenvalue weighted by molar-refractivity contribution is -0.131. The Morgan fingerprint density at radius 1 is 1.19 bits per heavy atom. The zero-order valence-corrected chi connectivity index (χ0v) is 19.5. The summed E-state index contributed by atoms with van der Waals surface area (Å²) < 4.78 is 6.21. The van der Waals surface area contributed by atoms with E-state index in [4.69, 9.17) is 4.74 Å².